The second-order valence-electron chi connectivity index (χ2n) is 3.64. The van der Waals surface area contributed by atoms with Gasteiger partial charge in [-0.3, -0.25) is 0 Å². The highest BCUT2D eigenvalue weighted by Crippen LogP contribution is 2.11. The van der Waals surface area contributed by atoms with E-state index in [1.807, 2.05) is 0 Å². The van der Waals surface area contributed by atoms with Crippen LogP contribution in [0.5, 0.6) is 0 Å². The molecule has 0 saturated carbocycles. The smallest absolute Gasteiger partial charge is 0.271 e. The van der Waals surface area contributed by atoms with Gasteiger partial charge in [0.2, 0.25) is 5.09 Å². The van der Waals surface area contributed by atoms with Crippen LogP contribution >= 0.6 is 0 Å². The van der Waals surface area contributed by atoms with Gasteiger partial charge in [-0.25, -0.2) is 13.6 Å². The normalized spacial score (nSPS) is 11.9. The van der Waals surface area contributed by atoms with Gasteiger partial charge >= 0.3 is 0 Å². The van der Waals surface area contributed by atoms with E-state index in [0.29, 0.717) is 12.3 Å². The van der Waals surface area contributed by atoms with Crippen LogP contribution in [0.25, 0.3) is 0 Å². The maximum atomic E-state index is 10.9. The SMILES string of the molecule is COCCCCNCc1ccc(S(N)(=O)=O)o1. The van der Waals surface area contributed by atoms with Crippen molar-refractivity contribution in [2.24, 2.45) is 5.14 Å². The van der Waals surface area contributed by atoms with E-state index >= 15 is 0 Å². The fourth-order valence-electron chi connectivity index (χ4n) is 1.31. The Morgan fingerprint density at radius 2 is 2.18 bits per heavy atom. The second kappa shape index (κ2) is 6.75. The van der Waals surface area contributed by atoms with Gasteiger partial charge in [0, 0.05) is 13.7 Å². The molecule has 0 spiro atoms. The lowest BCUT2D eigenvalue weighted by molar-refractivity contribution is 0.192. The molecular formula is C10H18N2O4S. The minimum atomic E-state index is -3.74. The van der Waals surface area contributed by atoms with Gasteiger partial charge in [0.25, 0.3) is 10.0 Å². The topological polar surface area (TPSA) is 94.6 Å². The molecule has 17 heavy (non-hydrogen) atoms. The van der Waals surface area contributed by atoms with E-state index < -0.39 is 10.0 Å². The zero-order valence-electron chi connectivity index (χ0n) is 9.81. The van der Waals surface area contributed by atoms with Crippen molar-refractivity contribution in [3.8, 4) is 0 Å². The van der Waals surface area contributed by atoms with Crippen molar-refractivity contribution in [2.75, 3.05) is 20.3 Å². The number of nitrogens with one attached hydrogen (secondary N) is 1. The highest BCUT2D eigenvalue weighted by Gasteiger charge is 2.12. The Hall–Kier alpha value is -0.890. The fourth-order valence-corrected chi connectivity index (χ4v) is 1.80. The lowest BCUT2D eigenvalue weighted by Gasteiger charge is -2.02. The third-order valence-electron chi connectivity index (χ3n) is 2.17. The molecule has 0 aromatic carbocycles. The summed E-state index contributed by atoms with van der Waals surface area (Å²) in [6.07, 6.45) is 1.99. The molecule has 0 fully saturated rings. The molecule has 0 aliphatic rings. The van der Waals surface area contributed by atoms with E-state index in [-0.39, 0.29) is 5.09 Å². The number of primary sulfonamides is 1. The molecule has 0 radical (unpaired) electrons. The zero-order chi connectivity index (χ0) is 12.7. The number of unbranched alkanes of at least 4 members (excludes halogenated alkanes) is 1. The lowest BCUT2D eigenvalue weighted by atomic mass is 10.3. The summed E-state index contributed by atoms with van der Waals surface area (Å²) in [7, 11) is -2.06. The second-order valence-corrected chi connectivity index (χ2v) is 5.13. The van der Waals surface area contributed by atoms with Crippen LogP contribution < -0.4 is 10.5 Å². The Morgan fingerprint density at radius 1 is 1.41 bits per heavy atom. The molecule has 1 heterocycles. The molecule has 0 aliphatic heterocycles. The van der Waals surface area contributed by atoms with E-state index in [9.17, 15) is 8.42 Å². The summed E-state index contributed by atoms with van der Waals surface area (Å²) < 4.78 is 31.9. The Kier molecular flexibility index (Phi) is 5.63. The number of rotatable bonds is 8. The Labute approximate surface area is 101 Å². The van der Waals surface area contributed by atoms with Crippen LogP contribution in [0.4, 0.5) is 0 Å². The largest absolute Gasteiger partial charge is 0.447 e. The van der Waals surface area contributed by atoms with Crippen LogP contribution in [0.2, 0.25) is 0 Å². The first-order valence-electron chi connectivity index (χ1n) is 5.35. The summed E-state index contributed by atoms with van der Waals surface area (Å²) in [6.45, 7) is 2.06. The summed E-state index contributed by atoms with van der Waals surface area (Å²) in [5.41, 5.74) is 0. The summed E-state index contributed by atoms with van der Waals surface area (Å²) in [4.78, 5) is 0. The van der Waals surface area contributed by atoms with Gasteiger partial charge in [-0.15, -0.1) is 0 Å². The highest BCUT2D eigenvalue weighted by atomic mass is 32.2. The molecule has 1 aromatic heterocycles. The molecule has 3 N–H and O–H groups in total. The maximum Gasteiger partial charge on any atom is 0.271 e. The Balaban J connectivity index is 2.26. The molecule has 6 nitrogen and oxygen atoms in total. The van der Waals surface area contributed by atoms with E-state index in [4.69, 9.17) is 14.3 Å². The van der Waals surface area contributed by atoms with Gasteiger partial charge in [0.05, 0.1) is 6.54 Å². The van der Waals surface area contributed by atoms with Crippen LogP contribution in [0.1, 0.15) is 18.6 Å². The number of methoxy groups -OCH3 is 1. The van der Waals surface area contributed by atoms with Gasteiger partial charge in [-0.1, -0.05) is 0 Å². The van der Waals surface area contributed by atoms with Gasteiger partial charge in [0.1, 0.15) is 5.76 Å². The Bertz CT molecular complexity index is 427. The molecule has 1 aromatic rings. The number of ether oxygens (including phenoxy) is 1. The molecular weight excluding hydrogens is 244 g/mol. The zero-order valence-corrected chi connectivity index (χ0v) is 10.6. The predicted molar refractivity (Wildman–Crippen MR) is 62.9 cm³/mol. The lowest BCUT2D eigenvalue weighted by Crippen LogP contribution is -2.15. The third kappa shape index (κ3) is 5.31. The molecule has 7 heteroatoms. The first-order chi connectivity index (χ1) is 8.04. The van der Waals surface area contributed by atoms with Crippen LogP contribution in [0.3, 0.4) is 0 Å². The van der Waals surface area contributed by atoms with Crippen LogP contribution in [-0.4, -0.2) is 28.7 Å². The van der Waals surface area contributed by atoms with E-state index in [1.54, 1.807) is 13.2 Å². The summed E-state index contributed by atoms with van der Waals surface area (Å²) >= 11 is 0. The first-order valence-corrected chi connectivity index (χ1v) is 6.90. The van der Waals surface area contributed by atoms with Gasteiger partial charge in [0.15, 0.2) is 0 Å². The van der Waals surface area contributed by atoms with E-state index in [1.165, 1.54) is 6.07 Å². The highest BCUT2D eigenvalue weighted by molar-refractivity contribution is 7.89. The fraction of sp³-hybridized carbons (Fsp3) is 0.600. The molecule has 1 rings (SSSR count). The standard InChI is InChI=1S/C10H18N2O4S/c1-15-7-3-2-6-12-8-9-4-5-10(16-9)17(11,13)14/h4-5,12H,2-3,6-8H2,1H3,(H2,11,13,14). The molecule has 0 unspecified atom stereocenters. The van der Waals surface area contributed by atoms with Crippen molar-refractivity contribution in [1.29, 1.82) is 0 Å². The number of furan rings is 1. The van der Waals surface area contributed by atoms with E-state index in [0.717, 1.165) is 26.0 Å². The summed E-state index contributed by atoms with van der Waals surface area (Å²) in [6, 6.07) is 2.96. The van der Waals surface area contributed by atoms with Gasteiger partial charge in [-0.05, 0) is 31.5 Å². The van der Waals surface area contributed by atoms with Crippen molar-refractivity contribution < 1.29 is 17.6 Å². The quantitative estimate of drug-likeness (QED) is 0.663. The number of nitrogens with two attached hydrogens (primary N) is 1. The average molecular weight is 262 g/mol. The summed E-state index contributed by atoms with van der Waals surface area (Å²) in [5.74, 6) is 0.556. The third-order valence-corrected chi connectivity index (χ3v) is 2.95. The van der Waals surface area contributed by atoms with Gasteiger partial charge in [-0.2, -0.15) is 0 Å². The van der Waals surface area contributed by atoms with Crippen LogP contribution in [-0.2, 0) is 21.3 Å². The molecule has 0 saturated heterocycles. The maximum absolute atomic E-state index is 10.9. The van der Waals surface area contributed by atoms with Crippen molar-refractivity contribution >= 4 is 10.0 Å². The molecule has 0 atom stereocenters. The molecule has 0 aliphatic carbocycles. The summed E-state index contributed by atoms with van der Waals surface area (Å²) in [5, 5.41) is 7.86. The molecule has 0 bridgehead atoms. The average Bonchev–Trinajstić information content (AvgIpc) is 2.71. The van der Waals surface area contributed by atoms with Crippen molar-refractivity contribution in [2.45, 2.75) is 24.5 Å². The number of hydrogen-bond acceptors (Lipinski definition) is 5. The minimum Gasteiger partial charge on any atom is -0.447 e. The number of hydrogen-bond donors (Lipinski definition) is 2. The van der Waals surface area contributed by atoms with Crippen molar-refractivity contribution in [3.05, 3.63) is 17.9 Å². The Morgan fingerprint density at radius 3 is 2.76 bits per heavy atom. The van der Waals surface area contributed by atoms with Crippen LogP contribution in [0, 0.1) is 0 Å². The number of sulfonamides is 1. The molecule has 0 amide bonds. The molecule has 98 valence electrons. The monoisotopic (exact) mass is 262 g/mol. The van der Waals surface area contributed by atoms with Gasteiger partial charge < -0.3 is 14.5 Å². The first kappa shape index (κ1) is 14.2. The van der Waals surface area contributed by atoms with Crippen molar-refractivity contribution in [3.63, 3.8) is 0 Å². The minimum absolute atomic E-state index is 0.200. The predicted octanol–water partition coefficient (Wildman–Crippen LogP) is 0.443. The van der Waals surface area contributed by atoms with Crippen LogP contribution in [0.15, 0.2) is 21.6 Å². The van der Waals surface area contributed by atoms with E-state index in [2.05, 4.69) is 5.32 Å². The van der Waals surface area contributed by atoms with Crippen molar-refractivity contribution in [1.82, 2.24) is 5.32 Å².